The Morgan fingerprint density at radius 3 is 2.66 bits per heavy atom. The van der Waals surface area contributed by atoms with Crippen LogP contribution in [0.4, 0.5) is 0 Å². The zero-order valence-electron chi connectivity index (χ0n) is 17.4. The van der Waals surface area contributed by atoms with Crippen LogP contribution in [0, 0.1) is 5.92 Å². The van der Waals surface area contributed by atoms with Crippen LogP contribution in [0.3, 0.4) is 0 Å². The first-order valence-corrected chi connectivity index (χ1v) is 10.7. The lowest BCUT2D eigenvalue weighted by atomic mass is 9.98. The monoisotopic (exact) mass is 384 g/mol. The number of nitrogens with zero attached hydrogens (tertiary/aromatic N) is 4. The molecule has 0 aliphatic heterocycles. The van der Waals surface area contributed by atoms with E-state index < -0.39 is 0 Å². The van der Waals surface area contributed by atoms with Gasteiger partial charge in [0.05, 0.1) is 11.9 Å². The number of para-hydroxylation sites is 1. The Bertz CT molecular complexity index is 1120. The third kappa shape index (κ3) is 3.37. The summed E-state index contributed by atoms with van der Waals surface area (Å²) in [6.07, 6.45) is 10.9. The number of benzene rings is 1. The molecule has 0 amide bonds. The van der Waals surface area contributed by atoms with Crippen LogP contribution in [-0.2, 0) is 0 Å². The minimum absolute atomic E-state index is 0.502. The second-order valence-corrected chi connectivity index (χ2v) is 8.77. The first-order chi connectivity index (χ1) is 14.1. The van der Waals surface area contributed by atoms with Crippen LogP contribution in [0.15, 0.2) is 67.3 Å². The van der Waals surface area contributed by atoms with Gasteiger partial charge in [-0.05, 0) is 66.0 Å². The molecule has 1 saturated carbocycles. The molecule has 1 fully saturated rings. The van der Waals surface area contributed by atoms with Gasteiger partial charge in [-0.3, -0.25) is 0 Å². The number of hydrogen-bond acceptors (Lipinski definition) is 2. The van der Waals surface area contributed by atoms with Crippen molar-refractivity contribution >= 4 is 11.0 Å². The third-order valence-corrected chi connectivity index (χ3v) is 6.33. The van der Waals surface area contributed by atoms with Crippen LogP contribution in [0.2, 0.25) is 0 Å². The number of pyridine rings is 1. The summed E-state index contributed by atoms with van der Waals surface area (Å²) in [6, 6.07) is 15.2. The van der Waals surface area contributed by atoms with Crippen molar-refractivity contribution in [3.05, 3.63) is 78.4 Å². The van der Waals surface area contributed by atoms with Gasteiger partial charge in [-0.25, -0.2) is 9.67 Å². The largest absolute Gasteiger partial charge is 0.329 e. The highest BCUT2D eigenvalue weighted by Crippen LogP contribution is 2.50. The van der Waals surface area contributed by atoms with Crippen LogP contribution >= 0.6 is 0 Å². The quantitative estimate of drug-likeness (QED) is 0.403. The highest BCUT2D eigenvalue weighted by Gasteiger charge is 2.40. The Morgan fingerprint density at radius 1 is 1.03 bits per heavy atom. The molecule has 3 atom stereocenters. The standard InChI is InChI=1S/C25H28N4/c1-17(2)23-16-28(25-22(23)10-7-11-26-25)24-13-19(24)12-18(3)20-14-27-29(15-20)21-8-5-4-6-9-21/h4-11,14-19,24H,12-13H2,1-3H3. The topological polar surface area (TPSA) is 35.6 Å². The summed E-state index contributed by atoms with van der Waals surface area (Å²) in [6.45, 7) is 6.86. The zero-order chi connectivity index (χ0) is 20.0. The number of rotatable bonds is 6. The van der Waals surface area contributed by atoms with E-state index in [9.17, 15) is 0 Å². The lowest BCUT2D eigenvalue weighted by Crippen LogP contribution is -1.99. The summed E-state index contributed by atoms with van der Waals surface area (Å²) in [7, 11) is 0. The van der Waals surface area contributed by atoms with Crippen molar-refractivity contribution in [2.75, 3.05) is 0 Å². The Kier molecular flexibility index (Phi) is 4.50. The van der Waals surface area contributed by atoms with Gasteiger partial charge < -0.3 is 4.57 Å². The Labute approximate surface area is 172 Å². The van der Waals surface area contributed by atoms with E-state index in [1.165, 1.54) is 29.4 Å². The van der Waals surface area contributed by atoms with E-state index in [0.717, 1.165) is 11.3 Å². The van der Waals surface area contributed by atoms with Gasteiger partial charge in [-0.1, -0.05) is 39.0 Å². The summed E-state index contributed by atoms with van der Waals surface area (Å²) in [5.74, 6) is 1.73. The number of hydrogen-bond donors (Lipinski definition) is 0. The van der Waals surface area contributed by atoms with E-state index in [0.29, 0.717) is 23.8 Å². The number of fused-ring (bicyclic) bond motifs is 1. The van der Waals surface area contributed by atoms with Gasteiger partial charge in [0, 0.05) is 30.0 Å². The van der Waals surface area contributed by atoms with E-state index in [4.69, 9.17) is 4.98 Å². The van der Waals surface area contributed by atoms with E-state index in [1.807, 2.05) is 23.1 Å². The Hall–Kier alpha value is -2.88. The highest BCUT2D eigenvalue weighted by atomic mass is 15.3. The molecule has 0 spiro atoms. The smallest absolute Gasteiger partial charge is 0.140 e. The predicted octanol–water partition coefficient (Wildman–Crippen LogP) is 6.10. The molecule has 0 bridgehead atoms. The number of aromatic nitrogens is 4. The van der Waals surface area contributed by atoms with Crippen LogP contribution in [0.25, 0.3) is 16.7 Å². The molecule has 1 aromatic carbocycles. The second kappa shape index (κ2) is 7.18. The molecule has 0 N–H and O–H groups in total. The molecule has 0 radical (unpaired) electrons. The van der Waals surface area contributed by atoms with Crippen LogP contribution in [0.5, 0.6) is 0 Å². The molecule has 4 aromatic rings. The van der Waals surface area contributed by atoms with E-state index in [2.05, 4.69) is 79.2 Å². The Morgan fingerprint density at radius 2 is 1.86 bits per heavy atom. The molecule has 29 heavy (non-hydrogen) atoms. The van der Waals surface area contributed by atoms with E-state index >= 15 is 0 Å². The van der Waals surface area contributed by atoms with Gasteiger partial charge in [0.1, 0.15) is 5.65 Å². The minimum Gasteiger partial charge on any atom is -0.329 e. The fraction of sp³-hybridized carbons (Fsp3) is 0.360. The van der Waals surface area contributed by atoms with Crippen LogP contribution in [-0.4, -0.2) is 19.3 Å². The fourth-order valence-corrected chi connectivity index (χ4v) is 4.55. The summed E-state index contributed by atoms with van der Waals surface area (Å²) >= 11 is 0. The predicted molar refractivity (Wildman–Crippen MR) is 118 cm³/mol. The molecule has 148 valence electrons. The zero-order valence-corrected chi connectivity index (χ0v) is 17.4. The van der Waals surface area contributed by atoms with Gasteiger partial charge in [0.25, 0.3) is 0 Å². The molecule has 5 rings (SSSR count). The highest BCUT2D eigenvalue weighted by molar-refractivity contribution is 5.81. The van der Waals surface area contributed by atoms with Crippen molar-refractivity contribution in [3.8, 4) is 5.69 Å². The maximum Gasteiger partial charge on any atom is 0.140 e. The van der Waals surface area contributed by atoms with E-state index in [-0.39, 0.29) is 0 Å². The summed E-state index contributed by atoms with van der Waals surface area (Å²) < 4.78 is 4.42. The molecule has 3 heterocycles. The van der Waals surface area contributed by atoms with Gasteiger partial charge in [0.15, 0.2) is 0 Å². The maximum atomic E-state index is 4.70. The maximum absolute atomic E-state index is 4.70. The van der Waals surface area contributed by atoms with Crippen LogP contribution < -0.4 is 0 Å². The summed E-state index contributed by atoms with van der Waals surface area (Å²) in [4.78, 5) is 4.70. The van der Waals surface area contributed by atoms with Gasteiger partial charge in [-0.15, -0.1) is 0 Å². The normalized spacial score (nSPS) is 19.7. The van der Waals surface area contributed by atoms with Crippen molar-refractivity contribution < 1.29 is 0 Å². The Balaban J connectivity index is 1.32. The van der Waals surface area contributed by atoms with Gasteiger partial charge in [0.2, 0.25) is 0 Å². The third-order valence-electron chi connectivity index (χ3n) is 6.33. The molecule has 1 aliphatic rings. The molecule has 0 saturated heterocycles. The molecule has 4 nitrogen and oxygen atoms in total. The SMILES string of the molecule is CC(C)c1cn(C2CC2CC(C)c2cnn(-c3ccccc3)c2)c2ncccc12. The van der Waals surface area contributed by atoms with Crippen molar-refractivity contribution in [1.82, 2.24) is 19.3 Å². The molecule has 3 unspecified atom stereocenters. The first kappa shape index (κ1) is 18.2. The van der Waals surface area contributed by atoms with Crippen molar-refractivity contribution in [2.45, 2.75) is 51.5 Å². The van der Waals surface area contributed by atoms with E-state index in [1.54, 1.807) is 0 Å². The second-order valence-electron chi connectivity index (χ2n) is 8.77. The summed E-state index contributed by atoms with van der Waals surface area (Å²) in [5, 5.41) is 5.89. The minimum atomic E-state index is 0.502. The average molecular weight is 385 g/mol. The molecule has 4 heteroatoms. The average Bonchev–Trinajstić information content (AvgIpc) is 3.17. The first-order valence-electron chi connectivity index (χ1n) is 10.7. The van der Waals surface area contributed by atoms with Crippen molar-refractivity contribution in [1.29, 1.82) is 0 Å². The fourth-order valence-electron chi connectivity index (χ4n) is 4.55. The molecule has 1 aliphatic carbocycles. The summed E-state index contributed by atoms with van der Waals surface area (Å²) in [5.41, 5.74) is 4.99. The van der Waals surface area contributed by atoms with Crippen LogP contribution in [0.1, 0.15) is 62.6 Å². The molecular formula is C25H28N4. The van der Waals surface area contributed by atoms with Gasteiger partial charge >= 0.3 is 0 Å². The van der Waals surface area contributed by atoms with Crippen molar-refractivity contribution in [3.63, 3.8) is 0 Å². The lowest BCUT2D eigenvalue weighted by Gasteiger charge is -2.10. The lowest BCUT2D eigenvalue weighted by molar-refractivity contribution is 0.566. The van der Waals surface area contributed by atoms with Crippen molar-refractivity contribution in [2.24, 2.45) is 5.92 Å². The van der Waals surface area contributed by atoms with Gasteiger partial charge in [-0.2, -0.15) is 5.10 Å². The molecular weight excluding hydrogens is 356 g/mol. The molecule has 3 aromatic heterocycles.